The van der Waals surface area contributed by atoms with Gasteiger partial charge in [0.1, 0.15) is 5.75 Å². The molecule has 0 N–H and O–H groups in total. The van der Waals surface area contributed by atoms with Crippen LogP contribution in [0.1, 0.15) is 6.42 Å². The molecule has 0 aliphatic heterocycles. The molecule has 0 amide bonds. The normalized spacial score (nSPS) is 12.1. The van der Waals surface area contributed by atoms with E-state index < -0.39 is 12.9 Å². The highest BCUT2D eigenvalue weighted by atomic mass is 79.9. The SMILES string of the molecule is CN(C)CCCOc1cccc(S(=O)(=O)C(Br)Br)c1. The average molecular weight is 415 g/mol. The summed E-state index contributed by atoms with van der Waals surface area (Å²) in [7, 11) is 0.600. The Morgan fingerprint density at radius 1 is 1.32 bits per heavy atom. The molecule has 4 nitrogen and oxygen atoms in total. The van der Waals surface area contributed by atoms with E-state index in [1.165, 1.54) is 0 Å². The molecular weight excluding hydrogens is 398 g/mol. The van der Waals surface area contributed by atoms with Crippen molar-refractivity contribution < 1.29 is 13.2 Å². The number of benzene rings is 1. The minimum atomic E-state index is -3.40. The van der Waals surface area contributed by atoms with E-state index in [2.05, 4.69) is 36.8 Å². The number of halogens is 2. The molecule has 0 aliphatic rings. The van der Waals surface area contributed by atoms with Crippen LogP contribution in [-0.4, -0.2) is 43.6 Å². The fourth-order valence-electron chi connectivity index (χ4n) is 1.41. The van der Waals surface area contributed by atoms with Crippen LogP contribution < -0.4 is 4.74 Å². The minimum absolute atomic E-state index is 0.233. The highest BCUT2D eigenvalue weighted by Gasteiger charge is 2.22. The lowest BCUT2D eigenvalue weighted by atomic mass is 10.3. The summed E-state index contributed by atoms with van der Waals surface area (Å²) in [5, 5.41) is 0. The topological polar surface area (TPSA) is 46.6 Å². The van der Waals surface area contributed by atoms with Crippen LogP contribution in [0.4, 0.5) is 0 Å². The van der Waals surface area contributed by atoms with E-state index >= 15 is 0 Å². The average Bonchev–Trinajstić information content (AvgIpc) is 2.34. The van der Waals surface area contributed by atoms with Crippen LogP contribution in [0.3, 0.4) is 0 Å². The van der Waals surface area contributed by atoms with Gasteiger partial charge in [0, 0.05) is 6.54 Å². The third-order valence-electron chi connectivity index (χ3n) is 2.39. The Morgan fingerprint density at radius 3 is 2.58 bits per heavy atom. The van der Waals surface area contributed by atoms with Gasteiger partial charge < -0.3 is 9.64 Å². The van der Waals surface area contributed by atoms with Crippen molar-refractivity contribution in [2.75, 3.05) is 27.2 Å². The molecule has 108 valence electrons. The Balaban J connectivity index is 2.68. The summed E-state index contributed by atoms with van der Waals surface area (Å²) in [4.78, 5) is 2.31. The number of hydrogen-bond donors (Lipinski definition) is 0. The van der Waals surface area contributed by atoms with Crippen molar-refractivity contribution >= 4 is 41.7 Å². The first-order valence-electron chi connectivity index (χ1n) is 5.73. The van der Waals surface area contributed by atoms with Gasteiger partial charge in [-0.2, -0.15) is 0 Å². The van der Waals surface area contributed by atoms with Crippen LogP contribution >= 0.6 is 31.9 Å². The lowest BCUT2D eigenvalue weighted by Crippen LogP contribution is -2.15. The van der Waals surface area contributed by atoms with Gasteiger partial charge in [0.05, 0.1) is 11.5 Å². The Labute approximate surface area is 131 Å². The number of hydrogen-bond acceptors (Lipinski definition) is 4. The van der Waals surface area contributed by atoms with Crippen molar-refractivity contribution in [2.24, 2.45) is 0 Å². The molecule has 1 aromatic carbocycles. The Bertz CT molecular complexity index is 503. The van der Waals surface area contributed by atoms with Gasteiger partial charge in [-0.25, -0.2) is 8.42 Å². The first-order valence-corrected chi connectivity index (χ1v) is 9.11. The smallest absolute Gasteiger partial charge is 0.201 e. The van der Waals surface area contributed by atoms with Gasteiger partial charge in [-0.1, -0.05) is 37.9 Å². The molecule has 1 aromatic rings. The second-order valence-corrected chi connectivity index (χ2v) is 10.6. The van der Waals surface area contributed by atoms with Crippen LogP contribution in [-0.2, 0) is 9.84 Å². The lowest BCUT2D eigenvalue weighted by molar-refractivity contribution is 0.281. The zero-order valence-electron chi connectivity index (χ0n) is 10.8. The van der Waals surface area contributed by atoms with Gasteiger partial charge in [-0.05, 0) is 38.7 Å². The maximum atomic E-state index is 11.9. The third kappa shape index (κ3) is 5.41. The van der Waals surface area contributed by atoms with E-state index in [0.29, 0.717) is 12.4 Å². The van der Waals surface area contributed by atoms with Crippen LogP contribution in [0.25, 0.3) is 0 Å². The molecule has 0 aromatic heterocycles. The molecule has 0 atom stereocenters. The zero-order valence-corrected chi connectivity index (χ0v) is 14.8. The van der Waals surface area contributed by atoms with Gasteiger partial charge in [-0.15, -0.1) is 0 Å². The maximum absolute atomic E-state index is 11.9. The monoisotopic (exact) mass is 413 g/mol. The molecule has 0 aliphatic carbocycles. The van der Waals surface area contributed by atoms with Gasteiger partial charge >= 0.3 is 0 Å². The first kappa shape index (κ1) is 16.9. The standard InChI is InChI=1S/C12H17Br2NO3S/c1-15(2)7-4-8-18-10-5-3-6-11(9-10)19(16,17)12(13)14/h3,5-6,9,12H,4,7-8H2,1-2H3. The second kappa shape index (κ2) is 7.61. The van der Waals surface area contributed by atoms with Gasteiger partial charge in [0.15, 0.2) is 3.07 Å². The number of nitrogens with zero attached hydrogens (tertiary/aromatic N) is 1. The third-order valence-corrected chi connectivity index (χ3v) is 6.72. The van der Waals surface area contributed by atoms with Crippen LogP contribution in [0, 0.1) is 0 Å². The quantitative estimate of drug-likeness (QED) is 0.508. The molecule has 0 fully saturated rings. The molecule has 19 heavy (non-hydrogen) atoms. The fraction of sp³-hybridized carbons (Fsp3) is 0.500. The number of rotatable bonds is 7. The predicted octanol–water partition coefficient (Wildman–Crippen LogP) is 2.86. The molecule has 0 saturated heterocycles. The van der Waals surface area contributed by atoms with E-state index in [0.717, 1.165) is 13.0 Å². The van der Waals surface area contributed by atoms with Crippen molar-refractivity contribution in [3.63, 3.8) is 0 Å². The number of ether oxygens (including phenoxy) is 1. The predicted molar refractivity (Wildman–Crippen MR) is 83.9 cm³/mol. The van der Waals surface area contributed by atoms with E-state index in [1.807, 2.05) is 14.1 Å². The van der Waals surface area contributed by atoms with Crippen molar-refractivity contribution in [1.82, 2.24) is 4.90 Å². The molecule has 0 spiro atoms. The largest absolute Gasteiger partial charge is 0.494 e. The van der Waals surface area contributed by atoms with Crippen molar-refractivity contribution in [3.05, 3.63) is 24.3 Å². The Kier molecular flexibility index (Phi) is 6.79. The fourth-order valence-corrected chi connectivity index (χ4v) is 3.46. The van der Waals surface area contributed by atoms with Crippen LogP contribution in [0.15, 0.2) is 29.2 Å². The van der Waals surface area contributed by atoms with Crippen LogP contribution in [0.5, 0.6) is 5.75 Å². The summed E-state index contributed by atoms with van der Waals surface area (Å²) in [6, 6.07) is 6.53. The minimum Gasteiger partial charge on any atom is -0.494 e. The molecule has 0 radical (unpaired) electrons. The highest BCUT2D eigenvalue weighted by Crippen LogP contribution is 2.27. The van der Waals surface area contributed by atoms with Gasteiger partial charge in [0.25, 0.3) is 0 Å². The molecule has 0 bridgehead atoms. The van der Waals surface area contributed by atoms with Crippen molar-refractivity contribution in [3.8, 4) is 5.75 Å². The molecule has 1 rings (SSSR count). The molecule has 7 heteroatoms. The molecule has 0 saturated carbocycles. The van der Waals surface area contributed by atoms with Crippen molar-refractivity contribution in [1.29, 1.82) is 0 Å². The number of alkyl halides is 2. The van der Waals surface area contributed by atoms with E-state index in [9.17, 15) is 8.42 Å². The molecular formula is C12H17Br2NO3S. The molecule has 0 unspecified atom stereocenters. The highest BCUT2D eigenvalue weighted by molar-refractivity contribution is 9.27. The van der Waals surface area contributed by atoms with Crippen LogP contribution in [0.2, 0.25) is 0 Å². The second-order valence-electron chi connectivity index (χ2n) is 4.29. The Morgan fingerprint density at radius 2 is 2.00 bits per heavy atom. The zero-order chi connectivity index (χ0) is 14.5. The molecule has 0 heterocycles. The summed E-state index contributed by atoms with van der Waals surface area (Å²) in [5.74, 6) is 0.570. The van der Waals surface area contributed by atoms with E-state index in [4.69, 9.17) is 4.74 Å². The summed E-state index contributed by atoms with van der Waals surface area (Å²) in [5.41, 5.74) is 0. The summed E-state index contributed by atoms with van der Waals surface area (Å²) >= 11 is 6.04. The lowest BCUT2D eigenvalue weighted by Gasteiger charge is -2.11. The number of sulfone groups is 1. The van der Waals surface area contributed by atoms with Gasteiger partial charge in [-0.3, -0.25) is 0 Å². The van der Waals surface area contributed by atoms with E-state index in [-0.39, 0.29) is 4.90 Å². The Hall–Kier alpha value is -0.110. The van der Waals surface area contributed by atoms with Gasteiger partial charge in [0.2, 0.25) is 9.84 Å². The maximum Gasteiger partial charge on any atom is 0.201 e. The summed E-state index contributed by atoms with van der Waals surface area (Å²) in [6.45, 7) is 1.50. The first-order chi connectivity index (χ1) is 8.84. The summed E-state index contributed by atoms with van der Waals surface area (Å²) in [6.07, 6.45) is 0.892. The van der Waals surface area contributed by atoms with Crippen molar-refractivity contribution in [2.45, 2.75) is 14.4 Å². The van der Waals surface area contributed by atoms with E-state index in [1.54, 1.807) is 24.3 Å². The summed E-state index contributed by atoms with van der Waals surface area (Å²) < 4.78 is 28.7.